The van der Waals surface area contributed by atoms with Gasteiger partial charge in [-0.25, -0.2) is 0 Å². The number of ether oxygens (including phenoxy) is 2. The zero-order valence-electron chi connectivity index (χ0n) is 12.9. The SMILES string of the molecule is CCc1ccc(CC(N)c2cc(OC)cc(OC)c2)cc1. The van der Waals surface area contributed by atoms with E-state index < -0.39 is 0 Å². The first kappa shape index (κ1) is 15.4. The number of hydrogen-bond donors (Lipinski definition) is 1. The van der Waals surface area contributed by atoms with Crippen LogP contribution in [0.25, 0.3) is 0 Å². The van der Waals surface area contributed by atoms with E-state index in [1.807, 2.05) is 18.2 Å². The maximum absolute atomic E-state index is 6.33. The number of nitrogens with two attached hydrogens (primary N) is 1. The van der Waals surface area contributed by atoms with Crippen molar-refractivity contribution in [1.29, 1.82) is 0 Å². The van der Waals surface area contributed by atoms with Crippen LogP contribution in [0, 0.1) is 0 Å². The molecule has 21 heavy (non-hydrogen) atoms. The number of rotatable bonds is 6. The van der Waals surface area contributed by atoms with Gasteiger partial charge in [0.15, 0.2) is 0 Å². The third-order valence-corrected chi connectivity index (χ3v) is 3.69. The van der Waals surface area contributed by atoms with Crippen molar-refractivity contribution < 1.29 is 9.47 Å². The summed E-state index contributed by atoms with van der Waals surface area (Å²) in [6.07, 6.45) is 1.85. The van der Waals surface area contributed by atoms with Crippen LogP contribution in [0.5, 0.6) is 11.5 Å². The molecule has 2 aromatic carbocycles. The summed E-state index contributed by atoms with van der Waals surface area (Å²) in [5.74, 6) is 1.53. The summed E-state index contributed by atoms with van der Waals surface area (Å²) < 4.78 is 10.6. The molecule has 0 heterocycles. The second kappa shape index (κ2) is 7.14. The summed E-state index contributed by atoms with van der Waals surface area (Å²) in [4.78, 5) is 0. The minimum Gasteiger partial charge on any atom is -0.497 e. The van der Waals surface area contributed by atoms with E-state index in [1.165, 1.54) is 11.1 Å². The van der Waals surface area contributed by atoms with Gasteiger partial charge >= 0.3 is 0 Å². The van der Waals surface area contributed by atoms with Gasteiger partial charge in [-0.2, -0.15) is 0 Å². The first-order chi connectivity index (χ1) is 10.2. The standard InChI is InChI=1S/C18H23NO2/c1-4-13-5-7-14(8-6-13)9-18(19)15-10-16(20-2)12-17(11-15)21-3/h5-8,10-12,18H,4,9,19H2,1-3H3. The predicted octanol–water partition coefficient (Wildman–Crippen LogP) is 3.51. The summed E-state index contributed by atoms with van der Waals surface area (Å²) in [5, 5.41) is 0. The van der Waals surface area contributed by atoms with E-state index in [9.17, 15) is 0 Å². The Hall–Kier alpha value is -2.00. The molecular weight excluding hydrogens is 262 g/mol. The zero-order chi connectivity index (χ0) is 15.2. The molecule has 2 N–H and O–H groups in total. The molecule has 3 nitrogen and oxygen atoms in total. The van der Waals surface area contributed by atoms with Crippen LogP contribution in [0.4, 0.5) is 0 Å². The number of methoxy groups -OCH3 is 2. The highest BCUT2D eigenvalue weighted by atomic mass is 16.5. The lowest BCUT2D eigenvalue weighted by Crippen LogP contribution is -2.13. The van der Waals surface area contributed by atoms with Gasteiger partial charge in [0.25, 0.3) is 0 Å². The van der Waals surface area contributed by atoms with Gasteiger partial charge in [-0.3, -0.25) is 0 Å². The summed E-state index contributed by atoms with van der Waals surface area (Å²) in [6.45, 7) is 2.16. The maximum Gasteiger partial charge on any atom is 0.122 e. The molecule has 0 aromatic heterocycles. The Morgan fingerprint density at radius 3 is 1.90 bits per heavy atom. The Morgan fingerprint density at radius 1 is 0.905 bits per heavy atom. The van der Waals surface area contributed by atoms with Crippen molar-refractivity contribution in [3.8, 4) is 11.5 Å². The van der Waals surface area contributed by atoms with Crippen LogP contribution in [-0.4, -0.2) is 14.2 Å². The van der Waals surface area contributed by atoms with Crippen LogP contribution in [0.1, 0.15) is 29.7 Å². The largest absolute Gasteiger partial charge is 0.497 e. The monoisotopic (exact) mass is 285 g/mol. The first-order valence-corrected chi connectivity index (χ1v) is 7.22. The van der Waals surface area contributed by atoms with E-state index in [2.05, 4.69) is 31.2 Å². The Bertz CT molecular complexity index is 556. The molecule has 3 heteroatoms. The van der Waals surface area contributed by atoms with E-state index in [0.29, 0.717) is 0 Å². The lowest BCUT2D eigenvalue weighted by molar-refractivity contribution is 0.392. The van der Waals surface area contributed by atoms with Crippen molar-refractivity contribution in [3.05, 3.63) is 59.2 Å². The lowest BCUT2D eigenvalue weighted by atomic mass is 9.98. The molecule has 1 atom stereocenters. The van der Waals surface area contributed by atoms with Crippen LogP contribution in [0.3, 0.4) is 0 Å². The minimum atomic E-state index is -0.0820. The normalized spacial score (nSPS) is 12.0. The van der Waals surface area contributed by atoms with Gasteiger partial charge < -0.3 is 15.2 Å². The molecule has 0 radical (unpaired) electrons. The fourth-order valence-corrected chi connectivity index (χ4v) is 2.33. The summed E-state index contributed by atoms with van der Waals surface area (Å²) >= 11 is 0. The Labute approximate surface area is 126 Å². The highest BCUT2D eigenvalue weighted by molar-refractivity contribution is 5.40. The van der Waals surface area contributed by atoms with E-state index in [4.69, 9.17) is 15.2 Å². The molecule has 0 aliphatic carbocycles. The first-order valence-electron chi connectivity index (χ1n) is 7.22. The molecule has 0 spiro atoms. The third-order valence-electron chi connectivity index (χ3n) is 3.69. The summed E-state index contributed by atoms with van der Waals surface area (Å²) in [6, 6.07) is 14.3. The molecule has 0 saturated heterocycles. The van der Waals surface area contributed by atoms with Gasteiger partial charge in [-0.1, -0.05) is 31.2 Å². The highest BCUT2D eigenvalue weighted by Gasteiger charge is 2.10. The quantitative estimate of drug-likeness (QED) is 0.883. The second-order valence-electron chi connectivity index (χ2n) is 5.13. The fraction of sp³-hybridized carbons (Fsp3) is 0.333. The van der Waals surface area contributed by atoms with Gasteiger partial charge in [0, 0.05) is 12.1 Å². The van der Waals surface area contributed by atoms with E-state index >= 15 is 0 Å². The summed E-state index contributed by atoms with van der Waals surface area (Å²) in [5.41, 5.74) is 9.93. The van der Waals surface area contributed by atoms with E-state index in [-0.39, 0.29) is 6.04 Å². The molecule has 2 rings (SSSR count). The molecule has 2 aromatic rings. The molecule has 1 unspecified atom stereocenters. The van der Waals surface area contributed by atoms with Crippen molar-refractivity contribution in [1.82, 2.24) is 0 Å². The predicted molar refractivity (Wildman–Crippen MR) is 86.0 cm³/mol. The lowest BCUT2D eigenvalue weighted by Gasteiger charge is -2.15. The van der Waals surface area contributed by atoms with Crippen molar-refractivity contribution in [2.24, 2.45) is 5.73 Å². The average molecular weight is 285 g/mol. The van der Waals surface area contributed by atoms with Crippen LogP contribution in [0.2, 0.25) is 0 Å². The minimum absolute atomic E-state index is 0.0820. The van der Waals surface area contributed by atoms with Gasteiger partial charge in [0.05, 0.1) is 14.2 Å². The molecule has 0 aliphatic heterocycles. The molecular formula is C18H23NO2. The number of benzene rings is 2. The van der Waals surface area contributed by atoms with Crippen molar-refractivity contribution in [3.63, 3.8) is 0 Å². The molecule has 0 fully saturated rings. The topological polar surface area (TPSA) is 44.5 Å². The van der Waals surface area contributed by atoms with E-state index in [0.717, 1.165) is 29.9 Å². The van der Waals surface area contributed by atoms with Gasteiger partial charge in [0.2, 0.25) is 0 Å². The van der Waals surface area contributed by atoms with Gasteiger partial charge in [0.1, 0.15) is 11.5 Å². The van der Waals surface area contributed by atoms with E-state index in [1.54, 1.807) is 14.2 Å². The smallest absolute Gasteiger partial charge is 0.122 e. The Morgan fingerprint density at radius 2 is 1.43 bits per heavy atom. The van der Waals surface area contributed by atoms with Gasteiger partial charge in [-0.15, -0.1) is 0 Å². The van der Waals surface area contributed by atoms with Gasteiger partial charge in [-0.05, 0) is 41.7 Å². The average Bonchev–Trinajstić information content (AvgIpc) is 2.54. The second-order valence-corrected chi connectivity index (χ2v) is 5.13. The van der Waals surface area contributed by atoms with Crippen LogP contribution < -0.4 is 15.2 Å². The highest BCUT2D eigenvalue weighted by Crippen LogP contribution is 2.27. The molecule has 0 amide bonds. The summed E-state index contributed by atoms with van der Waals surface area (Å²) in [7, 11) is 3.29. The fourth-order valence-electron chi connectivity index (χ4n) is 2.33. The Balaban J connectivity index is 2.16. The zero-order valence-corrected chi connectivity index (χ0v) is 12.9. The third kappa shape index (κ3) is 3.99. The number of hydrogen-bond acceptors (Lipinski definition) is 3. The number of aryl methyl sites for hydroxylation is 1. The maximum atomic E-state index is 6.33. The van der Waals surface area contributed by atoms with Crippen LogP contribution >= 0.6 is 0 Å². The molecule has 0 saturated carbocycles. The molecule has 0 bridgehead atoms. The van der Waals surface area contributed by atoms with Crippen LogP contribution in [-0.2, 0) is 12.8 Å². The van der Waals surface area contributed by atoms with Crippen LogP contribution in [0.15, 0.2) is 42.5 Å². The van der Waals surface area contributed by atoms with Crippen molar-refractivity contribution >= 4 is 0 Å². The van der Waals surface area contributed by atoms with Crippen molar-refractivity contribution in [2.75, 3.05) is 14.2 Å². The van der Waals surface area contributed by atoms with Crippen molar-refractivity contribution in [2.45, 2.75) is 25.8 Å². The molecule has 0 aliphatic rings. The Kier molecular flexibility index (Phi) is 5.23. The molecule has 112 valence electrons.